The van der Waals surface area contributed by atoms with Crippen LogP contribution >= 0.6 is 24.0 Å². The van der Waals surface area contributed by atoms with Crippen LogP contribution in [0.5, 0.6) is 5.75 Å². The lowest BCUT2D eigenvalue weighted by atomic mass is 10.1. The number of ether oxygens (including phenoxy) is 1. The lowest BCUT2D eigenvalue weighted by Gasteiger charge is -2.14. The minimum Gasteiger partial charge on any atom is -0.497 e. The maximum atomic E-state index is 12.9. The van der Waals surface area contributed by atoms with Gasteiger partial charge >= 0.3 is 0 Å². The first-order valence-corrected chi connectivity index (χ1v) is 10.9. The molecular formula is C23H18N2O5S2. The Kier molecular flexibility index (Phi) is 6.38. The van der Waals surface area contributed by atoms with E-state index in [-0.39, 0.29) is 11.6 Å². The van der Waals surface area contributed by atoms with Crippen LogP contribution in [-0.2, 0) is 11.2 Å². The summed E-state index contributed by atoms with van der Waals surface area (Å²) in [7, 11) is 1.62. The first-order chi connectivity index (χ1) is 15.5. The molecule has 162 valence electrons. The van der Waals surface area contributed by atoms with Gasteiger partial charge in [0.1, 0.15) is 21.6 Å². The number of carbonyl (C=O) groups excluding carboxylic acids is 1. The third kappa shape index (κ3) is 4.58. The van der Waals surface area contributed by atoms with Crippen molar-refractivity contribution in [2.75, 3.05) is 13.7 Å². The van der Waals surface area contributed by atoms with E-state index in [9.17, 15) is 14.9 Å². The van der Waals surface area contributed by atoms with Gasteiger partial charge in [-0.15, -0.1) is 0 Å². The fourth-order valence-corrected chi connectivity index (χ4v) is 4.56. The van der Waals surface area contributed by atoms with Crippen molar-refractivity contribution in [1.82, 2.24) is 4.90 Å². The molecule has 1 aliphatic rings. The van der Waals surface area contributed by atoms with Crippen LogP contribution in [0, 0.1) is 10.1 Å². The second-order valence-electron chi connectivity index (χ2n) is 6.91. The number of nitro benzene ring substituents is 1. The summed E-state index contributed by atoms with van der Waals surface area (Å²) in [5.74, 6) is 1.38. The summed E-state index contributed by atoms with van der Waals surface area (Å²) >= 11 is 6.61. The molecule has 1 fully saturated rings. The van der Waals surface area contributed by atoms with Crippen molar-refractivity contribution >= 4 is 46.0 Å². The number of nitro groups is 1. The van der Waals surface area contributed by atoms with Gasteiger partial charge in [0.25, 0.3) is 11.6 Å². The number of furan rings is 1. The van der Waals surface area contributed by atoms with E-state index in [1.165, 1.54) is 17.8 Å². The van der Waals surface area contributed by atoms with E-state index in [1.54, 1.807) is 48.4 Å². The molecule has 0 unspecified atom stereocenters. The molecule has 0 saturated carbocycles. The maximum Gasteiger partial charge on any atom is 0.280 e. The Morgan fingerprint density at radius 3 is 2.62 bits per heavy atom. The number of thioether (sulfide) groups is 1. The number of rotatable bonds is 7. The number of amides is 1. The first kappa shape index (κ1) is 21.8. The van der Waals surface area contributed by atoms with Crippen LogP contribution in [0.15, 0.2) is 70.0 Å². The average Bonchev–Trinajstić information content (AvgIpc) is 3.37. The Morgan fingerprint density at radius 1 is 1.16 bits per heavy atom. The smallest absolute Gasteiger partial charge is 0.280 e. The van der Waals surface area contributed by atoms with Gasteiger partial charge in [-0.05, 0) is 42.3 Å². The molecule has 7 nitrogen and oxygen atoms in total. The Bertz CT molecular complexity index is 1220. The molecule has 2 aromatic carbocycles. The number of para-hydroxylation sites is 1. The average molecular weight is 467 g/mol. The molecule has 32 heavy (non-hydrogen) atoms. The molecule has 0 radical (unpaired) electrons. The molecule has 0 spiro atoms. The molecule has 3 aromatic rings. The van der Waals surface area contributed by atoms with Crippen LogP contribution < -0.4 is 4.74 Å². The molecule has 1 aliphatic heterocycles. The fourth-order valence-electron chi connectivity index (χ4n) is 3.27. The van der Waals surface area contributed by atoms with Crippen molar-refractivity contribution in [1.29, 1.82) is 0 Å². The van der Waals surface area contributed by atoms with Crippen LogP contribution in [0.3, 0.4) is 0 Å². The molecule has 1 aromatic heterocycles. The maximum absolute atomic E-state index is 12.9. The molecule has 1 amide bonds. The summed E-state index contributed by atoms with van der Waals surface area (Å²) in [5, 5.41) is 11.3. The zero-order valence-corrected chi connectivity index (χ0v) is 18.7. The topological polar surface area (TPSA) is 85.8 Å². The van der Waals surface area contributed by atoms with E-state index in [1.807, 2.05) is 24.3 Å². The summed E-state index contributed by atoms with van der Waals surface area (Å²) in [6.07, 6.45) is 2.28. The highest BCUT2D eigenvalue weighted by atomic mass is 32.2. The normalized spacial score (nSPS) is 14.9. The van der Waals surface area contributed by atoms with Crippen LogP contribution in [-0.4, -0.2) is 33.7 Å². The third-order valence-electron chi connectivity index (χ3n) is 4.92. The molecule has 2 heterocycles. The lowest BCUT2D eigenvalue weighted by molar-refractivity contribution is -0.384. The van der Waals surface area contributed by atoms with Gasteiger partial charge in [-0.1, -0.05) is 48.2 Å². The van der Waals surface area contributed by atoms with Gasteiger partial charge in [0, 0.05) is 18.7 Å². The molecule has 4 rings (SSSR count). The number of benzene rings is 2. The Morgan fingerprint density at radius 2 is 1.91 bits per heavy atom. The van der Waals surface area contributed by atoms with E-state index in [0.717, 1.165) is 11.3 Å². The zero-order chi connectivity index (χ0) is 22.7. The van der Waals surface area contributed by atoms with Crippen LogP contribution in [0.1, 0.15) is 11.3 Å². The van der Waals surface area contributed by atoms with E-state index in [4.69, 9.17) is 21.4 Å². The predicted octanol–water partition coefficient (Wildman–Crippen LogP) is 5.31. The van der Waals surface area contributed by atoms with Crippen molar-refractivity contribution in [3.63, 3.8) is 0 Å². The first-order valence-electron chi connectivity index (χ1n) is 9.68. The van der Waals surface area contributed by atoms with E-state index < -0.39 is 4.92 Å². The Balaban J connectivity index is 1.48. The quantitative estimate of drug-likeness (QED) is 0.202. The predicted molar refractivity (Wildman–Crippen MR) is 127 cm³/mol. The highest BCUT2D eigenvalue weighted by molar-refractivity contribution is 8.26. The summed E-state index contributed by atoms with van der Waals surface area (Å²) in [4.78, 5) is 25.7. The lowest BCUT2D eigenvalue weighted by Crippen LogP contribution is -2.30. The minimum absolute atomic E-state index is 0.0433. The van der Waals surface area contributed by atoms with Gasteiger partial charge in [0.15, 0.2) is 0 Å². The van der Waals surface area contributed by atoms with Gasteiger partial charge in [-0.25, -0.2) is 0 Å². The van der Waals surface area contributed by atoms with E-state index in [0.29, 0.717) is 39.3 Å². The second kappa shape index (κ2) is 9.37. The highest BCUT2D eigenvalue weighted by Crippen LogP contribution is 2.35. The molecule has 1 saturated heterocycles. The van der Waals surface area contributed by atoms with Crippen molar-refractivity contribution in [3.8, 4) is 17.1 Å². The van der Waals surface area contributed by atoms with Crippen LogP contribution in [0.4, 0.5) is 5.69 Å². The van der Waals surface area contributed by atoms with Gasteiger partial charge in [0.05, 0.1) is 22.5 Å². The Labute approximate surface area is 193 Å². The van der Waals surface area contributed by atoms with Gasteiger partial charge in [-0.3, -0.25) is 19.8 Å². The summed E-state index contributed by atoms with van der Waals surface area (Å²) < 4.78 is 11.4. The standard InChI is InChI=1S/C23H18N2O5S2/c1-29-16-8-6-15(7-9-16)12-13-24-22(26)21(32-23(24)31)14-17-10-11-20(30-17)18-4-2-3-5-19(18)25(27)28/h2-11,14H,12-13H2,1H3/b21-14+. The summed E-state index contributed by atoms with van der Waals surface area (Å²) in [6, 6.07) is 17.4. The number of nitrogens with zero attached hydrogens (tertiary/aromatic N) is 2. The van der Waals surface area contributed by atoms with Crippen molar-refractivity contribution < 1.29 is 18.9 Å². The largest absolute Gasteiger partial charge is 0.497 e. The minimum atomic E-state index is -0.453. The van der Waals surface area contributed by atoms with E-state index >= 15 is 0 Å². The zero-order valence-electron chi connectivity index (χ0n) is 17.0. The van der Waals surface area contributed by atoms with Crippen LogP contribution in [0.25, 0.3) is 17.4 Å². The van der Waals surface area contributed by atoms with Crippen molar-refractivity contribution in [2.45, 2.75) is 6.42 Å². The number of carbonyl (C=O) groups is 1. The highest BCUT2D eigenvalue weighted by Gasteiger charge is 2.32. The molecule has 0 N–H and O–H groups in total. The monoisotopic (exact) mass is 466 g/mol. The van der Waals surface area contributed by atoms with Crippen LogP contribution in [0.2, 0.25) is 0 Å². The number of hydrogen-bond donors (Lipinski definition) is 0. The fraction of sp³-hybridized carbons (Fsp3) is 0.130. The number of hydrogen-bond acceptors (Lipinski definition) is 7. The number of methoxy groups -OCH3 is 1. The molecular weight excluding hydrogens is 448 g/mol. The van der Waals surface area contributed by atoms with Gasteiger partial charge in [0.2, 0.25) is 0 Å². The third-order valence-corrected chi connectivity index (χ3v) is 6.30. The SMILES string of the molecule is COc1ccc(CCN2C(=O)/C(=C\c3ccc(-c4ccccc4[N+](=O)[O-])o3)SC2=S)cc1. The molecule has 9 heteroatoms. The number of thiocarbonyl (C=S) groups is 1. The second-order valence-corrected chi connectivity index (χ2v) is 8.58. The van der Waals surface area contributed by atoms with Crippen molar-refractivity contribution in [2.24, 2.45) is 0 Å². The van der Waals surface area contributed by atoms with Crippen molar-refractivity contribution in [3.05, 3.63) is 87.0 Å². The van der Waals surface area contributed by atoms with E-state index in [2.05, 4.69) is 0 Å². The Hall–Kier alpha value is -3.43. The summed E-state index contributed by atoms with van der Waals surface area (Å²) in [5.41, 5.74) is 1.41. The molecule has 0 aliphatic carbocycles. The van der Waals surface area contributed by atoms with Gasteiger partial charge < -0.3 is 9.15 Å². The van der Waals surface area contributed by atoms with Gasteiger partial charge in [-0.2, -0.15) is 0 Å². The molecule has 0 bridgehead atoms. The summed E-state index contributed by atoms with van der Waals surface area (Å²) in [6.45, 7) is 0.466. The molecule has 0 atom stereocenters.